The van der Waals surface area contributed by atoms with Crippen molar-refractivity contribution in [1.82, 2.24) is 0 Å². The van der Waals surface area contributed by atoms with Gasteiger partial charge in [-0.2, -0.15) is 0 Å². The van der Waals surface area contributed by atoms with Crippen molar-refractivity contribution in [2.75, 3.05) is 0 Å². The lowest BCUT2D eigenvalue weighted by atomic mass is 10.4. The van der Waals surface area contributed by atoms with E-state index in [9.17, 15) is 0 Å². The molecule has 0 amide bonds. The van der Waals surface area contributed by atoms with Gasteiger partial charge in [0.25, 0.3) is 0 Å². The summed E-state index contributed by atoms with van der Waals surface area (Å²) in [7, 11) is 0. The van der Waals surface area contributed by atoms with Gasteiger partial charge in [0, 0.05) is 5.54 Å². The fourth-order valence-electron chi connectivity index (χ4n) is 0.105. The van der Waals surface area contributed by atoms with Gasteiger partial charge in [-0.25, -0.2) is 0 Å². The highest BCUT2D eigenvalue weighted by atomic mass is 35.5. The molecule has 2 heteroatoms. The summed E-state index contributed by atoms with van der Waals surface area (Å²) in [5, 5.41) is 8.38. The van der Waals surface area contributed by atoms with Gasteiger partial charge in [0.05, 0.1) is 6.10 Å². The Labute approximate surface area is 42.2 Å². The third-order valence-electron chi connectivity index (χ3n) is 0.351. The molecule has 6 heavy (non-hydrogen) atoms. The van der Waals surface area contributed by atoms with Gasteiger partial charge in [-0.3, -0.25) is 0 Å². The molecule has 0 rings (SSSR count). The second kappa shape index (κ2) is 3.19. The zero-order valence-electron chi connectivity index (χ0n) is 3.56. The Morgan fingerprint density at radius 2 is 2.33 bits per heavy atom. The molecule has 0 saturated carbocycles. The van der Waals surface area contributed by atoms with E-state index in [-0.39, 0.29) is 0 Å². The smallest absolute Gasteiger partial charge is 0.0704 e. The average Bonchev–Trinajstić information content (AvgIpc) is 1.35. The molecule has 1 nitrogen and oxygen atoms in total. The predicted octanol–water partition coefficient (Wildman–Crippen LogP) is 1.12. The van der Waals surface area contributed by atoms with Crippen LogP contribution >= 0.6 is 11.6 Å². The van der Waals surface area contributed by atoms with E-state index < -0.39 is 6.10 Å². The summed E-state index contributed by atoms with van der Waals surface area (Å²) in [5.41, 5.74) is 1.30. The van der Waals surface area contributed by atoms with Gasteiger partial charge in [0.1, 0.15) is 0 Å². The maximum Gasteiger partial charge on any atom is 0.0704 e. The summed E-state index contributed by atoms with van der Waals surface area (Å²) in [6.45, 7) is 1.64. The van der Waals surface area contributed by atoms with Crippen molar-refractivity contribution in [3.8, 4) is 0 Å². The monoisotopic (exact) mass is 106 g/mol. The first-order valence-corrected chi connectivity index (χ1v) is 2.16. The van der Waals surface area contributed by atoms with E-state index in [2.05, 4.69) is 0 Å². The van der Waals surface area contributed by atoms with Crippen LogP contribution < -0.4 is 0 Å². The summed E-state index contributed by atoms with van der Waals surface area (Å²) in [4.78, 5) is 0. The van der Waals surface area contributed by atoms with Gasteiger partial charge in [-0.05, 0) is 13.0 Å². The minimum Gasteiger partial charge on any atom is -0.389 e. The number of aliphatic hydroxyl groups excluding tert-OH is 1. The number of hydrogen-bond donors (Lipinski definition) is 1. The summed E-state index contributed by atoms with van der Waals surface area (Å²) in [6, 6.07) is 0. The second-order valence-corrected chi connectivity index (χ2v) is 1.31. The number of aliphatic hydroxyl groups is 1. The highest BCUT2D eigenvalue weighted by Crippen LogP contribution is 1.83. The minimum atomic E-state index is -0.414. The minimum absolute atomic E-state index is 0.414. The lowest BCUT2D eigenvalue weighted by molar-refractivity contribution is 0.244. The van der Waals surface area contributed by atoms with E-state index in [0.717, 1.165) is 0 Å². The molecule has 1 unspecified atom stereocenters. The van der Waals surface area contributed by atoms with Crippen molar-refractivity contribution in [1.29, 1.82) is 0 Å². The van der Waals surface area contributed by atoms with Crippen LogP contribution in [0.2, 0.25) is 0 Å². The van der Waals surface area contributed by atoms with E-state index >= 15 is 0 Å². The largest absolute Gasteiger partial charge is 0.389 e. The molecular formula is C4H7ClO. The van der Waals surface area contributed by atoms with Crippen LogP contribution in [-0.4, -0.2) is 11.2 Å². The summed E-state index contributed by atoms with van der Waals surface area (Å²) >= 11 is 5.06. The molecule has 0 fully saturated rings. The first-order chi connectivity index (χ1) is 2.77. The molecule has 0 bridgehead atoms. The molecule has 0 aliphatic carbocycles. The van der Waals surface area contributed by atoms with Crippen molar-refractivity contribution in [2.24, 2.45) is 0 Å². The quantitative estimate of drug-likeness (QED) is 0.531. The molecule has 0 aromatic rings. The van der Waals surface area contributed by atoms with Crippen molar-refractivity contribution in [3.63, 3.8) is 0 Å². The molecular weight excluding hydrogens is 99.5 g/mol. The normalized spacial score (nSPS) is 15.8. The lowest BCUT2D eigenvalue weighted by Gasteiger charge is -1.86. The van der Waals surface area contributed by atoms with E-state index in [4.69, 9.17) is 16.7 Å². The van der Waals surface area contributed by atoms with Crippen molar-refractivity contribution < 1.29 is 5.11 Å². The van der Waals surface area contributed by atoms with Crippen LogP contribution in [0.1, 0.15) is 6.92 Å². The van der Waals surface area contributed by atoms with Crippen molar-refractivity contribution in [3.05, 3.63) is 11.6 Å². The molecule has 1 atom stereocenters. The van der Waals surface area contributed by atoms with Gasteiger partial charge in [0.15, 0.2) is 0 Å². The standard InChI is InChI=1S/C4H7ClO/c1-4(6)2-3-5/h2-4,6H,1H3/b3-2-. The van der Waals surface area contributed by atoms with Crippen LogP contribution in [-0.2, 0) is 0 Å². The fraction of sp³-hybridized carbons (Fsp3) is 0.500. The predicted molar refractivity (Wildman–Crippen MR) is 26.7 cm³/mol. The van der Waals surface area contributed by atoms with Crippen LogP contribution in [0.4, 0.5) is 0 Å². The maximum absolute atomic E-state index is 8.38. The Balaban J connectivity index is 3.03. The molecule has 0 radical (unpaired) electrons. The Hall–Kier alpha value is -0.0100. The summed E-state index contributed by atoms with van der Waals surface area (Å²) < 4.78 is 0. The fourth-order valence-corrected chi connectivity index (χ4v) is 0.316. The molecule has 36 valence electrons. The highest BCUT2D eigenvalue weighted by Gasteiger charge is 1.78. The maximum atomic E-state index is 8.38. The molecule has 0 aromatic heterocycles. The van der Waals surface area contributed by atoms with Crippen LogP contribution in [0.3, 0.4) is 0 Å². The molecule has 1 N–H and O–H groups in total. The highest BCUT2D eigenvalue weighted by molar-refractivity contribution is 6.25. The van der Waals surface area contributed by atoms with Crippen LogP contribution in [0, 0.1) is 0 Å². The summed E-state index contributed by atoms with van der Waals surface area (Å²) in [6.07, 6.45) is 1.07. The lowest BCUT2D eigenvalue weighted by Crippen LogP contribution is -1.89. The molecule has 0 spiro atoms. The first-order valence-electron chi connectivity index (χ1n) is 1.72. The summed E-state index contributed by atoms with van der Waals surface area (Å²) in [5.74, 6) is 0. The SMILES string of the molecule is CC(O)/C=C\Cl. The van der Waals surface area contributed by atoms with Crippen LogP contribution in [0.15, 0.2) is 11.6 Å². The van der Waals surface area contributed by atoms with E-state index in [1.807, 2.05) is 0 Å². The average molecular weight is 107 g/mol. The van der Waals surface area contributed by atoms with Crippen LogP contribution in [0.5, 0.6) is 0 Å². The zero-order valence-corrected chi connectivity index (χ0v) is 4.31. The zero-order chi connectivity index (χ0) is 4.99. The van der Waals surface area contributed by atoms with E-state index in [1.54, 1.807) is 6.92 Å². The first kappa shape index (κ1) is 5.99. The van der Waals surface area contributed by atoms with Gasteiger partial charge in [-0.15, -0.1) is 0 Å². The number of halogens is 1. The Kier molecular flexibility index (Phi) is 3.19. The van der Waals surface area contributed by atoms with Gasteiger partial charge < -0.3 is 5.11 Å². The molecule has 0 aromatic carbocycles. The third kappa shape index (κ3) is 3.99. The molecule has 0 heterocycles. The Morgan fingerprint density at radius 1 is 1.83 bits per heavy atom. The van der Waals surface area contributed by atoms with E-state index in [1.165, 1.54) is 11.6 Å². The molecule has 0 aliphatic heterocycles. The number of hydrogen-bond acceptors (Lipinski definition) is 1. The topological polar surface area (TPSA) is 20.2 Å². The Morgan fingerprint density at radius 3 is 2.33 bits per heavy atom. The molecule has 0 saturated heterocycles. The third-order valence-corrected chi connectivity index (χ3v) is 0.497. The van der Waals surface area contributed by atoms with Gasteiger partial charge in [0.2, 0.25) is 0 Å². The van der Waals surface area contributed by atoms with Crippen molar-refractivity contribution in [2.45, 2.75) is 13.0 Å². The van der Waals surface area contributed by atoms with Crippen LogP contribution in [0.25, 0.3) is 0 Å². The second-order valence-electron chi connectivity index (χ2n) is 1.06. The Bertz CT molecular complexity index is 49.5. The van der Waals surface area contributed by atoms with Crippen molar-refractivity contribution >= 4 is 11.6 Å². The van der Waals surface area contributed by atoms with E-state index in [0.29, 0.717) is 0 Å². The number of rotatable bonds is 1. The van der Waals surface area contributed by atoms with Gasteiger partial charge in [-0.1, -0.05) is 11.6 Å². The van der Waals surface area contributed by atoms with Gasteiger partial charge >= 0.3 is 0 Å². The molecule has 0 aliphatic rings.